The van der Waals surface area contributed by atoms with Crippen LogP contribution >= 0.6 is 0 Å². The third-order valence-electron chi connectivity index (χ3n) is 4.03. The summed E-state index contributed by atoms with van der Waals surface area (Å²) in [5, 5.41) is 17.4. The zero-order valence-electron chi connectivity index (χ0n) is 12.2. The molecule has 0 bridgehead atoms. The number of aliphatic hydroxyl groups is 1. The maximum atomic E-state index is 9.51. The molecule has 0 atom stereocenters. The summed E-state index contributed by atoms with van der Waals surface area (Å²) in [6.45, 7) is 5.12. The number of rotatable bonds is 4. The van der Waals surface area contributed by atoms with Gasteiger partial charge in [-0.1, -0.05) is 13.8 Å². The first-order valence-electron chi connectivity index (χ1n) is 7.23. The molecule has 1 aromatic rings. The van der Waals surface area contributed by atoms with E-state index in [9.17, 15) is 5.11 Å². The summed E-state index contributed by atoms with van der Waals surface area (Å²) >= 11 is 0. The van der Waals surface area contributed by atoms with Crippen LogP contribution in [-0.2, 0) is 7.05 Å². The third-order valence-corrected chi connectivity index (χ3v) is 4.03. The molecule has 0 aromatic carbocycles. The monoisotopic (exact) mass is 266 g/mol. The fourth-order valence-electron chi connectivity index (χ4n) is 2.79. The average Bonchev–Trinajstić information content (AvgIpc) is 2.65. The van der Waals surface area contributed by atoms with Crippen LogP contribution in [0.15, 0.2) is 0 Å². The first kappa shape index (κ1) is 14.2. The molecule has 2 rings (SSSR count). The van der Waals surface area contributed by atoms with E-state index in [0.717, 1.165) is 49.4 Å². The second kappa shape index (κ2) is 5.82. The Morgan fingerprint density at radius 1 is 1.37 bits per heavy atom. The van der Waals surface area contributed by atoms with Gasteiger partial charge < -0.3 is 16.2 Å². The summed E-state index contributed by atoms with van der Waals surface area (Å²) in [5.41, 5.74) is 7.89. The van der Waals surface area contributed by atoms with E-state index < -0.39 is 0 Å². The van der Waals surface area contributed by atoms with Crippen LogP contribution in [-0.4, -0.2) is 27.5 Å². The molecule has 0 spiro atoms. The highest BCUT2D eigenvalue weighted by Crippen LogP contribution is 2.29. The molecule has 5 heteroatoms. The van der Waals surface area contributed by atoms with Crippen molar-refractivity contribution in [3.05, 3.63) is 5.69 Å². The molecule has 19 heavy (non-hydrogen) atoms. The number of nitrogens with zero attached hydrogens (tertiary/aromatic N) is 2. The Morgan fingerprint density at radius 3 is 2.53 bits per heavy atom. The van der Waals surface area contributed by atoms with Crippen LogP contribution in [0.5, 0.6) is 0 Å². The van der Waals surface area contributed by atoms with Crippen molar-refractivity contribution in [2.24, 2.45) is 13.0 Å². The van der Waals surface area contributed by atoms with Gasteiger partial charge in [0.15, 0.2) is 0 Å². The lowest BCUT2D eigenvalue weighted by Gasteiger charge is -2.25. The molecule has 5 nitrogen and oxygen atoms in total. The van der Waals surface area contributed by atoms with Crippen molar-refractivity contribution in [1.82, 2.24) is 9.78 Å². The lowest BCUT2D eigenvalue weighted by Crippen LogP contribution is -2.24. The smallest absolute Gasteiger partial charge is 0.147 e. The standard InChI is InChI=1S/C14H26N4O/c1-9(2)13-12(15)14(18(3)17-13)16-8-10-4-6-11(19)7-5-10/h9-11,16,19H,4-8,15H2,1-3H3. The summed E-state index contributed by atoms with van der Waals surface area (Å²) in [4.78, 5) is 0. The van der Waals surface area contributed by atoms with E-state index in [4.69, 9.17) is 5.73 Å². The Kier molecular flexibility index (Phi) is 4.34. The average molecular weight is 266 g/mol. The summed E-state index contributed by atoms with van der Waals surface area (Å²) in [6, 6.07) is 0. The van der Waals surface area contributed by atoms with Crippen molar-refractivity contribution in [3.63, 3.8) is 0 Å². The minimum Gasteiger partial charge on any atom is -0.394 e. The van der Waals surface area contributed by atoms with Crippen LogP contribution in [0.2, 0.25) is 0 Å². The van der Waals surface area contributed by atoms with Gasteiger partial charge in [0.1, 0.15) is 5.82 Å². The molecule has 1 aliphatic rings. The Balaban J connectivity index is 1.96. The molecular formula is C14H26N4O. The van der Waals surface area contributed by atoms with E-state index >= 15 is 0 Å². The highest BCUT2D eigenvalue weighted by Gasteiger charge is 2.21. The molecule has 1 saturated carbocycles. The van der Waals surface area contributed by atoms with Crippen molar-refractivity contribution in [2.75, 3.05) is 17.6 Å². The SMILES string of the molecule is CC(C)c1nn(C)c(NCC2CCC(O)CC2)c1N. The maximum absolute atomic E-state index is 9.51. The highest BCUT2D eigenvalue weighted by atomic mass is 16.3. The van der Waals surface area contributed by atoms with Crippen molar-refractivity contribution in [2.45, 2.75) is 51.6 Å². The second-order valence-electron chi connectivity index (χ2n) is 5.98. The fraction of sp³-hybridized carbons (Fsp3) is 0.786. The molecule has 1 aromatic heterocycles. The number of aromatic nitrogens is 2. The van der Waals surface area contributed by atoms with Crippen LogP contribution in [0.25, 0.3) is 0 Å². The zero-order chi connectivity index (χ0) is 14.0. The van der Waals surface area contributed by atoms with Crippen LogP contribution < -0.4 is 11.1 Å². The van der Waals surface area contributed by atoms with Gasteiger partial charge in [0, 0.05) is 13.6 Å². The predicted octanol–water partition coefficient (Wildman–Crippen LogP) is 2.09. The number of aryl methyl sites for hydroxylation is 1. The van der Waals surface area contributed by atoms with Gasteiger partial charge in [-0.2, -0.15) is 5.10 Å². The van der Waals surface area contributed by atoms with Crippen LogP contribution in [0.4, 0.5) is 11.5 Å². The molecule has 1 fully saturated rings. The molecule has 4 N–H and O–H groups in total. The van der Waals surface area contributed by atoms with Gasteiger partial charge in [0.05, 0.1) is 17.5 Å². The van der Waals surface area contributed by atoms with Gasteiger partial charge in [0.2, 0.25) is 0 Å². The van der Waals surface area contributed by atoms with Gasteiger partial charge >= 0.3 is 0 Å². The lowest BCUT2D eigenvalue weighted by molar-refractivity contribution is 0.111. The van der Waals surface area contributed by atoms with E-state index in [1.807, 2.05) is 11.7 Å². The molecule has 0 saturated heterocycles. The molecule has 0 radical (unpaired) electrons. The summed E-state index contributed by atoms with van der Waals surface area (Å²) in [7, 11) is 1.93. The van der Waals surface area contributed by atoms with E-state index in [-0.39, 0.29) is 6.10 Å². The quantitative estimate of drug-likeness (QED) is 0.780. The fourth-order valence-corrected chi connectivity index (χ4v) is 2.79. The summed E-state index contributed by atoms with van der Waals surface area (Å²) in [5.74, 6) is 1.89. The highest BCUT2D eigenvalue weighted by molar-refractivity contribution is 5.65. The lowest BCUT2D eigenvalue weighted by atomic mass is 9.87. The number of hydrogen-bond donors (Lipinski definition) is 3. The Morgan fingerprint density at radius 2 is 2.00 bits per heavy atom. The van der Waals surface area contributed by atoms with Crippen molar-refractivity contribution in [3.8, 4) is 0 Å². The van der Waals surface area contributed by atoms with E-state index in [0.29, 0.717) is 11.8 Å². The van der Waals surface area contributed by atoms with Gasteiger partial charge in [-0.25, -0.2) is 0 Å². The van der Waals surface area contributed by atoms with Gasteiger partial charge in [-0.3, -0.25) is 4.68 Å². The topological polar surface area (TPSA) is 76.1 Å². The largest absolute Gasteiger partial charge is 0.394 e. The van der Waals surface area contributed by atoms with Gasteiger partial charge in [0.25, 0.3) is 0 Å². The Bertz CT molecular complexity index is 419. The summed E-state index contributed by atoms with van der Waals surface area (Å²) < 4.78 is 1.84. The van der Waals surface area contributed by atoms with Crippen molar-refractivity contribution >= 4 is 11.5 Å². The zero-order valence-corrected chi connectivity index (χ0v) is 12.2. The number of aliphatic hydroxyl groups excluding tert-OH is 1. The van der Waals surface area contributed by atoms with Crippen molar-refractivity contribution in [1.29, 1.82) is 0 Å². The first-order chi connectivity index (χ1) is 8.99. The van der Waals surface area contributed by atoms with Crippen LogP contribution in [0.3, 0.4) is 0 Å². The van der Waals surface area contributed by atoms with E-state index in [1.54, 1.807) is 0 Å². The molecule has 1 heterocycles. The van der Waals surface area contributed by atoms with Crippen LogP contribution in [0, 0.1) is 5.92 Å². The third kappa shape index (κ3) is 3.21. The van der Waals surface area contributed by atoms with Crippen LogP contribution in [0.1, 0.15) is 51.1 Å². The molecule has 0 unspecified atom stereocenters. The van der Waals surface area contributed by atoms with E-state index in [2.05, 4.69) is 24.3 Å². The summed E-state index contributed by atoms with van der Waals surface area (Å²) in [6.07, 6.45) is 3.92. The molecule has 0 aliphatic heterocycles. The normalized spacial score (nSPS) is 23.8. The van der Waals surface area contributed by atoms with Gasteiger partial charge in [-0.15, -0.1) is 0 Å². The molecular weight excluding hydrogens is 240 g/mol. The predicted molar refractivity (Wildman–Crippen MR) is 78.2 cm³/mol. The number of hydrogen-bond acceptors (Lipinski definition) is 4. The van der Waals surface area contributed by atoms with Gasteiger partial charge in [-0.05, 0) is 37.5 Å². The minimum atomic E-state index is -0.0921. The molecule has 108 valence electrons. The van der Waals surface area contributed by atoms with E-state index in [1.165, 1.54) is 0 Å². The Labute approximate surface area is 115 Å². The molecule has 1 aliphatic carbocycles. The number of nitrogens with one attached hydrogen (secondary N) is 1. The van der Waals surface area contributed by atoms with Crippen molar-refractivity contribution < 1.29 is 5.11 Å². The Hall–Kier alpha value is -1.23. The number of nitrogens with two attached hydrogens (primary N) is 1. The molecule has 0 amide bonds. The first-order valence-corrected chi connectivity index (χ1v) is 7.23. The maximum Gasteiger partial charge on any atom is 0.147 e. The number of nitrogen functional groups attached to an aromatic ring is 1. The number of anilines is 2. The second-order valence-corrected chi connectivity index (χ2v) is 5.98. The minimum absolute atomic E-state index is 0.0921.